The fourth-order valence-corrected chi connectivity index (χ4v) is 2.49. The summed E-state index contributed by atoms with van der Waals surface area (Å²) in [4.78, 5) is 24.1. The minimum atomic E-state index is -0.210. The molecule has 4 N–H and O–H groups in total. The number of hydrogen-bond donors (Lipinski definition) is 4. The molecule has 6 nitrogen and oxygen atoms in total. The van der Waals surface area contributed by atoms with Gasteiger partial charge >= 0.3 is 0 Å². The van der Waals surface area contributed by atoms with Crippen molar-refractivity contribution in [3.8, 4) is 22.6 Å². The monoisotopic (exact) mass is 400 g/mol. The number of halogens is 2. The van der Waals surface area contributed by atoms with Crippen molar-refractivity contribution >= 4 is 36.4 Å². The maximum Gasteiger partial charge on any atom is 0.177 e. The van der Waals surface area contributed by atoms with Crippen LogP contribution in [0.1, 0.15) is 20.7 Å². The van der Waals surface area contributed by atoms with Gasteiger partial charge in [-0.1, -0.05) is 18.2 Å². The third-order valence-electron chi connectivity index (χ3n) is 3.61. The number of phenolic OH excluding ortho intramolecular Hbond substituents is 2. The SMILES string of the molecule is CNCC(=O)c1ccc(-c2c(O)cccc2C(=O)CNC)c(O)c1.Cl.Cl. The molecule has 26 heavy (non-hydrogen) atoms. The molecule has 0 heterocycles. The summed E-state index contributed by atoms with van der Waals surface area (Å²) in [5, 5.41) is 26.0. The Balaban J connectivity index is 0.00000312. The van der Waals surface area contributed by atoms with E-state index < -0.39 is 0 Å². The van der Waals surface area contributed by atoms with Crippen molar-refractivity contribution in [3.05, 3.63) is 47.5 Å². The second-order valence-electron chi connectivity index (χ2n) is 5.34. The summed E-state index contributed by atoms with van der Waals surface area (Å²) in [6.45, 7) is 0.261. The van der Waals surface area contributed by atoms with Gasteiger partial charge in [0.2, 0.25) is 0 Å². The maximum absolute atomic E-state index is 12.2. The Bertz CT molecular complexity index is 782. The third-order valence-corrected chi connectivity index (χ3v) is 3.61. The molecule has 2 aromatic carbocycles. The highest BCUT2D eigenvalue weighted by Gasteiger charge is 2.19. The molecule has 0 spiro atoms. The summed E-state index contributed by atoms with van der Waals surface area (Å²) >= 11 is 0. The molecule has 142 valence electrons. The minimum Gasteiger partial charge on any atom is -0.507 e. The summed E-state index contributed by atoms with van der Waals surface area (Å²) in [5.41, 5.74) is 1.20. The molecule has 0 bridgehead atoms. The number of hydrogen-bond acceptors (Lipinski definition) is 6. The van der Waals surface area contributed by atoms with Gasteiger partial charge in [-0.05, 0) is 32.3 Å². The van der Waals surface area contributed by atoms with Crippen LogP contribution in [0.5, 0.6) is 11.5 Å². The molecule has 0 unspecified atom stereocenters. The van der Waals surface area contributed by atoms with Gasteiger partial charge in [0.1, 0.15) is 11.5 Å². The van der Waals surface area contributed by atoms with Crippen LogP contribution in [0.3, 0.4) is 0 Å². The highest BCUT2D eigenvalue weighted by Crippen LogP contribution is 2.38. The molecule has 0 aliphatic heterocycles. The number of ketones is 2. The van der Waals surface area contributed by atoms with Crippen molar-refractivity contribution in [2.45, 2.75) is 0 Å². The number of phenols is 2. The van der Waals surface area contributed by atoms with Crippen molar-refractivity contribution in [1.29, 1.82) is 0 Å². The zero-order chi connectivity index (χ0) is 17.7. The Morgan fingerprint density at radius 3 is 2.08 bits per heavy atom. The molecular formula is C18H22Cl2N2O4. The van der Waals surface area contributed by atoms with Crippen LogP contribution in [0, 0.1) is 0 Å². The van der Waals surface area contributed by atoms with E-state index in [1.54, 1.807) is 32.3 Å². The molecular weight excluding hydrogens is 379 g/mol. The predicted octanol–water partition coefficient (Wildman–Crippen LogP) is 2.41. The Labute approximate surface area is 164 Å². The van der Waals surface area contributed by atoms with Crippen molar-refractivity contribution in [2.24, 2.45) is 0 Å². The van der Waals surface area contributed by atoms with E-state index in [-0.39, 0.29) is 66.5 Å². The van der Waals surface area contributed by atoms with Crippen LogP contribution in [-0.4, -0.2) is 49.0 Å². The van der Waals surface area contributed by atoms with Gasteiger partial charge in [-0.25, -0.2) is 0 Å². The molecule has 0 atom stereocenters. The first-order chi connectivity index (χ1) is 11.5. The van der Waals surface area contributed by atoms with Crippen LogP contribution in [0.4, 0.5) is 0 Å². The normalized spacial score (nSPS) is 9.77. The summed E-state index contributed by atoms with van der Waals surface area (Å²) < 4.78 is 0. The van der Waals surface area contributed by atoms with Crippen LogP contribution in [0.2, 0.25) is 0 Å². The van der Waals surface area contributed by atoms with Crippen molar-refractivity contribution in [1.82, 2.24) is 10.6 Å². The van der Waals surface area contributed by atoms with Gasteiger partial charge in [0.05, 0.1) is 13.1 Å². The fourth-order valence-electron chi connectivity index (χ4n) is 2.49. The number of benzene rings is 2. The standard InChI is InChI=1S/C18H20N2O4.2ClH/c1-19-9-16(23)11-6-7-13(15(22)8-11)18-12(17(24)10-20-2)4-3-5-14(18)21;;/h3-8,19-22H,9-10H2,1-2H3;2*1H. The van der Waals surface area contributed by atoms with Gasteiger partial charge < -0.3 is 20.8 Å². The first-order valence-electron chi connectivity index (χ1n) is 7.50. The Morgan fingerprint density at radius 2 is 1.50 bits per heavy atom. The van der Waals surface area contributed by atoms with Crippen LogP contribution in [-0.2, 0) is 0 Å². The molecule has 0 aromatic heterocycles. The van der Waals surface area contributed by atoms with Gasteiger partial charge in [0, 0.05) is 22.3 Å². The average Bonchev–Trinajstić information content (AvgIpc) is 2.55. The lowest BCUT2D eigenvalue weighted by Gasteiger charge is -2.13. The summed E-state index contributed by atoms with van der Waals surface area (Å²) in [6, 6.07) is 9.05. The molecule has 0 saturated carbocycles. The van der Waals surface area contributed by atoms with Gasteiger partial charge in [0.15, 0.2) is 11.6 Å². The lowest BCUT2D eigenvalue weighted by molar-refractivity contribution is 0.0985. The molecule has 0 radical (unpaired) electrons. The molecule has 0 saturated heterocycles. The first-order valence-corrected chi connectivity index (χ1v) is 7.50. The number of aromatic hydroxyl groups is 2. The molecule has 0 amide bonds. The first kappa shape index (κ1) is 23.9. The van der Waals surface area contributed by atoms with E-state index in [0.717, 1.165) is 0 Å². The summed E-state index contributed by atoms with van der Waals surface area (Å²) in [7, 11) is 3.31. The smallest absolute Gasteiger partial charge is 0.177 e. The summed E-state index contributed by atoms with van der Waals surface area (Å²) in [5.74, 6) is -0.653. The zero-order valence-corrected chi connectivity index (χ0v) is 16.0. The molecule has 8 heteroatoms. The van der Waals surface area contributed by atoms with Gasteiger partial charge in [-0.3, -0.25) is 9.59 Å². The van der Waals surface area contributed by atoms with Crippen LogP contribution in [0.15, 0.2) is 36.4 Å². The van der Waals surface area contributed by atoms with E-state index in [1.165, 1.54) is 18.2 Å². The topological polar surface area (TPSA) is 98.7 Å². The Morgan fingerprint density at radius 1 is 0.885 bits per heavy atom. The van der Waals surface area contributed by atoms with Gasteiger partial charge in [-0.2, -0.15) is 0 Å². The molecule has 0 fully saturated rings. The zero-order valence-electron chi connectivity index (χ0n) is 14.4. The fraction of sp³-hybridized carbons (Fsp3) is 0.222. The van der Waals surface area contributed by atoms with E-state index in [4.69, 9.17) is 0 Å². The van der Waals surface area contributed by atoms with E-state index in [1.807, 2.05) is 0 Å². The second-order valence-corrected chi connectivity index (χ2v) is 5.34. The number of Topliss-reactive ketones (excluding diaryl/α,β-unsaturated/α-hetero) is 2. The van der Waals surface area contributed by atoms with E-state index >= 15 is 0 Å². The number of carbonyl (C=O) groups is 2. The molecule has 0 aliphatic carbocycles. The van der Waals surface area contributed by atoms with Crippen molar-refractivity contribution in [3.63, 3.8) is 0 Å². The van der Waals surface area contributed by atoms with E-state index in [2.05, 4.69) is 10.6 Å². The quantitative estimate of drug-likeness (QED) is 0.532. The van der Waals surface area contributed by atoms with E-state index in [0.29, 0.717) is 16.7 Å². The highest BCUT2D eigenvalue weighted by molar-refractivity contribution is 6.06. The average molecular weight is 401 g/mol. The summed E-state index contributed by atoms with van der Waals surface area (Å²) in [6.07, 6.45) is 0. The lowest BCUT2D eigenvalue weighted by Crippen LogP contribution is -2.19. The highest BCUT2D eigenvalue weighted by atomic mass is 35.5. The molecule has 2 aromatic rings. The lowest BCUT2D eigenvalue weighted by atomic mass is 9.94. The van der Waals surface area contributed by atoms with Gasteiger partial charge in [0.25, 0.3) is 0 Å². The third kappa shape index (κ3) is 5.19. The molecule has 2 rings (SSSR count). The molecule has 0 aliphatic rings. The number of carbonyl (C=O) groups excluding carboxylic acids is 2. The number of nitrogens with one attached hydrogen (secondary N) is 2. The largest absolute Gasteiger partial charge is 0.507 e. The number of rotatable bonds is 7. The van der Waals surface area contributed by atoms with E-state index in [9.17, 15) is 19.8 Å². The maximum atomic E-state index is 12.2. The van der Waals surface area contributed by atoms with Crippen LogP contribution >= 0.6 is 24.8 Å². The van der Waals surface area contributed by atoms with Crippen LogP contribution in [0.25, 0.3) is 11.1 Å². The van der Waals surface area contributed by atoms with Crippen molar-refractivity contribution in [2.75, 3.05) is 27.2 Å². The Kier molecular flexibility index (Phi) is 9.90. The second kappa shape index (κ2) is 10.8. The van der Waals surface area contributed by atoms with Gasteiger partial charge in [-0.15, -0.1) is 24.8 Å². The Hall–Kier alpha value is -2.12. The predicted molar refractivity (Wildman–Crippen MR) is 106 cm³/mol. The van der Waals surface area contributed by atoms with Crippen molar-refractivity contribution < 1.29 is 19.8 Å². The number of likely N-dealkylation sites (N-methyl/N-ethyl adjacent to an activating group) is 2. The van der Waals surface area contributed by atoms with Crippen LogP contribution < -0.4 is 10.6 Å². The minimum absolute atomic E-state index is 0.